The van der Waals surface area contributed by atoms with E-state index in [1.807, 2.05) is 36.4 Å². The van der Waals surface area contributed by atoms with Crippen molar-refractivity contribution in [1.29, 1.82) is 10.5 Å². The quantitative estimate of drug-likeness (QED) is 0.196. The molecule has 0 aliphatic rings. The summed E-state index contributed by atoms with van der Waals surface area (Å²) in [5.74, 6) is 0. The molecule has 0 bridgehead atoms. The zero-order valence-electron chi connectivity index (χ0n) is 26.7. The first-order chi connectivity index (χ1) is 24.1. The Bertz CT molecular complexity index is 2800. The van der Waals surface area contributed by atoms with Crippen LogP contribution in [0.1, 0.15) is 16.7 Å². The van der Waals surface area contributed by atoms with Crippen LogP contribution in [0.25, 0.3) is 77.2 Å². The molecule has 2 aromatic heterocycles. The van der Waals surface area contributed by atoms with Crippen molar-refractivity contribution in [2.45, 2.75) is 6.92 Å². The minimum Gasteiger partial charge on any atom is -0.309 e. The fourth-order valence-electron chi connectivity index (χ4n) is 7.36. The Kier molecular flexibility index (Phi) is 6.44. The molecule has 0 saturated carbocycles. The van der Waals surface area contributed by atoms with Gasteiger partial charge in [0.2, 0.25) is 0 Å². The molecule has 2 heterocycles. The summed E-state index contributed by atoms with van der Waals surface area (Å²) in [6, 6.07) is 57.3. The zero-order valence-corrected chi connectivity index (χ0v) is 26.7. The first-order valence-corrected chi connectivity index (χ1v) is 16.3. The molecule has 9 rings (SSSR count). The predicted octanol–water partition coefficient (Wildman–Crippen LogP) is 11.3. The molecule has 7 aromatic carbocycles. The minimum atomic E-state index is 0.591. The predicted molar refractivity (Wildman–Crippen MR) is 200 cm³/mol. The van der Waals surface area contributed by atoms with Gasteiger partial charge >= 0.3 is 0 Å². The fraction of sp³-hybridized carbons (Fsp3) is 0.0222. The molecule has 0 aliphatic heterocycles. The Balaban J connectivity index is 1.18. The van der Waals surface area contributed by atoms with Gasteiger partial charge in [-0.2, -0.15) is 10.5 Å². The lowest BCUT2D eigenvalue weighted by atomic mass is 9.97. The van der Waals surface area contributed by atoms with Crippen LogP contribution in [-0.2, 0) is 0 Å². The third-order valence-corrected chi connectivity index (χ3v) is 9.63. The number of aryl methyl sites for hydroxylation is 1. The normalized spacial score (nSPS) is 11.3. The second-order valence-corrected chi connectivity index (χ2v) is 12.5. The average Bonchev–Trinajstić information content (AvgIpc) is 3.66. The van der Waals surface area contributed by atoms with E-state index in [9.17, 15) is 10.5 Å². The highest BCUT2D eigenvalue weighted by atomic mass is 15.0. The first kappa shape index (κ1) is 28.4. The van der Waals surface area contributed by atoms with Crippen molar-refractivity contribution in [2.24, 2.45) is 0 Å². The number of aromatic nitrogens is 2. The van der Waals surface area contributed by atoms with Gasteiger partial charge in [-0.3, -0.25) is 0 Å². The Labute approximate surface area is 283 Å². The van der Waals surface area contributed by atoms with Crippen LogP contribution in [0.3, 0.4) is 0 Å². The van der Waals surface area contributed by atoms with Gasteiger partial charge in [-0.1, -0.05) is 91.0 Å². The molecule has 0 spiro atoms. The van der Waals surface area contributed by atoms with Crippen molar-refractivity contribution in [1.82, 2.24) is 9.13 Å². The summed E-state index contributed by atoms with van der Waals surface area (Å²) in [6.45, 7) is 2.09. The van der Waals surface area contributed by atoms with Gasteiger partial charge in [-0.05, 0) is 89.8 Å². The van der Waals surface area contributed by atoms with Gasteiger partial charge in [0.15, 0.2) is 0 Å². The SMILES string of the molecule is Cc1ccc2c3cc(C#N)ccc3n(-c3cc(C#N)ccc3-c3ccc(-c4cccc(-n5c6ccccc6c6ccccc65)c4)cc3)c2c1. The molecule has 0 unspecified atom stereocenters. The highest BCUT2D eigenvalue weighted by Crippen LogP contribution is 2.38. The molecule has 49 heavy (non-hydrogen) atoms. The summed E-state index contributed by atoms with van der Waals surface area (Å²) in [7, 11) is 0. The molecule has 228 valence electrons. The van der Waals surface area contributed by atoms with Crippen molar-refractivity contribution in [3.63, 3.8) is 0 Å². The van der Waals surface area contributed by atoms with E-state index in [1.165, 1.54) is 21.8 Å². The number of benzene rings is 7. The monoisotopic (exact) mass is 624 g/mol. The molecule has 0 fully saturated rings. The van der Waals surface area contributed by atoms with Crippen LogP contribution in [0, 0.1) is 29.6 Å². The van der Waals surface area contributed by atoms with Crippen LogP contribution >= 0.6 is 0 Å². The van der Waals surface area contributed by atoms with E-state index in [0.29, 0.717) is 11.1 Å². The highest BCUT2D eigenvalue weighted by molar-refractivity contribution is 6.11. The van der Waals surface area contributed by atoms with Crippen molar-refractivity contribution in [3.05, 3.63) is 168 Å². The number of nitrogens with zero attached hydrogens (tertiary/aromatic N) is 4. The summed E-state index contributed by atoms with van der Waals surface area (Å²) < 4.78 is 4.58. The van der Waals surface area contributed by atoms with Gasteiger partial charge in [-0.15, -0.1) is 0 Å². The lowest BCUT2D eigenvalue weighted by molar-refractivity contribution is 1.17. The Hall–Kier alpha value is -6.88. The van der Waals surface area contributed by atoms with Crippen LogP contribution in [0.2, 0.25) is 0 Å². The van der Waals surface area contributed by atoms with Crippen LogP contribution in [0.15, 0.2) is 152 Å². The smallest absolute Gasteiger partial charge is 0.0992 e. The maximum Gasteiger partial charge on any atom is 0.0992 e. The summed E-state index contributed by atoms with van der Waals surface area (Å²) in [4.78, 5) is 0. The average molecular weight is 625 g/mol. The van der Waals surface area contributed by atoms with E-state index < -0.39 is 0 Å². The van der Waals surface area contributed by atoms with E-state index in [2.05, 4.69) is 143 Å². The minimum absolute atomic E-state index is 0.591. The van der Waals surface area contributed by atoms with Crippen molar-refractivity contribution in [2.75, 3.05) is 0 Å². The van der Waals surface area contributed by atoms with E-state index in [0.717, 1.165) is 61.0 Å². The van der Waals surface area contributed by atoms with Crippen molar-refractivity contribution >= 4 is 43.6 Å². The molecule has 9 aromatic rings. The molecule has 0 saturated heterocycles. The summed E-state index contributed by atoms with van der Waals surface area (Å²) in [5, 5.41) is 24.2. The highest BCUT2D eigenvalue weighted by Gasteiger charge is 2.18. The van der Waals surface area contributed by atoms with Crippen molar-refractivity contribution in [3.8, 4) is 45.8 Å². The lowest BCUT2D eigenvalue weighted by Crippen LogP contribution is -1.98. The van der Waals surface area contributed by atoms with E-state index in [4.69, 9.17) is 0 Å². The van der Waals surface area contributed by atoms with E-state index >= 15 is 0 Å². The number of hydrogen-bond donors (Lipinski definition) is 0. The second kappa shape index (κ2) is 11.1. The van der Waals surface area contributed by atoms with Gasteiger partial charge < -0.3 is 9.13 Å². The van der Waals surface area contributed by atoms with Crippen LogP contribution < -0.4 is 0 Å². The molecule has 0 aliphatic carbocycles. The van der Waals surface area contributed by atoms with E-state index in [1.54, 1.807) is 0 Å². The number of rotatable bonds is 4. The summed E-state index contributed by atoms with van der Waals surface area (Å²) >= 11 is 0. The van der Waals surface area contributed by atoms with Crippen molar-refractivity contribution < 1.29 is 0 Å². The Morgan fingerprint density at radius 3 is 1.80 bits per heavy atom. The first-order valence-electron chi connectivity index (χ1n) is 16.3. The maximum atomic E-state index is 9.93. The molecule has 4 nitrogen and oxygen atoms in total. The third-order valence-electron chi connectivity index (χ3n) is 9.63. The molecule has 0 N–H and O–H groups in total. The Morgan fingerprint density at radius 1 is 0.429 bits per heavy atom. The number of fused-ring (bicyclic) bond motifs is 6. The molecular weight excluding hydrogens is 597 g/mol. The van der Waals surface area contributed by atoms with Crippen LogP contribution in [0.4, 0.5) is 0 Å². The summed E-state index contributed by atoms with van der Waals surface area (Å²) in [5.41, 5.74) is 13.1. The maximum absolute atomic E-state index is 9.93. The number of para-hydroxylation sites is 2. The largest absolute Gasteiger partial charge is 0.309 e. The summed E-state index contributed by atoms with van der Waals surface area (Å²) in [6.07, 6.45) is 0. The van der Waals surface area contributed by atoms with Gasteiger partial charge in [0, 0.05) is 32.8 Å². The molecule has 0 radical (unpaired) electrons. The van der Waals surface area contributed by atoms with Gasteiger partial charge in [-0.25, -0.2) is 0 Å². The topological polar surface area (TPSA) is 57.4 Å². The lowest BCUT2D eigenvalue weighted by Gasteiger charge is -2.15. The molecule has 0 amide bonds. The van der Waals surface area contributed by atoms with E-state index in [-0.39, 0.29) is 0 Å². The zero-order chi connectivity index (χ0) is 33.1. The second-order valence-electron chi connectivity index (χ2n) is 12.5. The number of nitriles is 2. The fourth-order valence-corrected chi connectivity index (χ4v) is 7.36. The van der Waals surface area contributed by atoms with Crippen LogP contribution in [0.5, 0.6) is 0 Å². The van der Waals surface area contributed by atoms with Gasteiger partial charge in [0.1, 0.15) is 0 Å². The molecular formula is C45H28N4. The number of hydrogen-bond acceptors (Lipinski definition) is 2. The van der Waals surface area contributed by atoms with Crippen LogP contribution in [-0.4, -0.2) is 9.13 Å². The molecule has 4 heteroatoms. The third kappa shape index (κ3) is 4.51. The van der Waals surface area contributed by atoms with Gasteiger partial charge in [0.05, 0.1) is 51.0 Å². The Morgan fingerprint density at radius 2 is 1.06 bits per heavy atom. The molecule has 0 atom stereocenters. The van der Waals surface area contributed by atoms with Gasteiger partial charge in [0.25, 0.3) is 0 Å². The standard InChI is InChI=1S/C45H28N4/c1-29-13-20-39-40-24-30(27-46)15-22-43(40)49(44(39)23-29)45-25-31(28-47)14-21-36(45)33-18-16-32(17-19-33)34-7-6-8-35(26-34)48-41-11-4-2-9-37(41)38-10-3-5-12-42(38)48/h2-26H,1H3.